The highest BCUT2D eigenvalue weighted by molar-refractivity contribution is 14.1. The van der Waals surface area contributed by atoms with Crippen molar-refractivity contribution in [3.63, 3.8) is 0 Å². The summed E-state index contributed by atoms with van der Waals surface area (Å²) in [4.78, 5) is 28.2. The first-order chi connectivity index (χ1) is 10.4. The molecule has 8 heteroatoms. The quantitative estimate of drug-likeness (QED) is 0.437. The van der Waals surface area contributed by atoms with E-state index in [1.54, 1.807) is 19.2 Å². The molecular weight excluding hydrogens is 401 g/mol. The molecule has 2 rings (SSSR count). The molecule has 1 aromatic heterocycles. The van der Waals surface area contributed by atoms with E-state index in [-0.39, 0.29) is 11.6 Å². The molecule has 0 saturated heterocycles. The van der Waals surface area contributed by atoms with Crippen molar-refractivity contribution in [3.8, 4) is 5.88 Å². The number of carbonyl (C=O) groups is 1. The van der Waals surface area contributed by atoms with Gasteiger partial charge in [-0.15, -0.1) is 0 Å². The summed E-state index contributed by atoms with van der Waals surface area (Å²) in [5, 5.41) is 10.7. The molecule has 114 valence electrons. The van der Waals surface area contributed by atoms with E-state index in [2.05, 4.69) is 4.98 Å². The summed E-state index contributed by atoms with van der Waals surface area (Å²) in [7, 11) is 3.12. The second-order valence-corrected chi connectivity index (χ2v) is 5.51. The Hall–Kier alpha value is -2.23. The summed E-state index contributed by atoms with van der Waals surface area (Å²) in [5.41, 5.74) is 0.944. The van der Waals surface area contributed by atoms with Crippen molar-refractivity contribution in [3.05, 3.63) is 55.8 Å². The Balaban J connectivity index is 2.28. The van der Waals surface area contributed by atoms with Crippen molar-refractivity contribution in [2.75, 3.05) is 19.1 Å². The molecule has 0 N–H and O–H groups in total. The first-order valence-electron chi connectivity index (χ1n) is 6.16. The van der Waals surface area contributed by atoms with E-state index in [1.165, 1.54) is 36.4 Å². The van der Waals surface area contributed by atoms with E-state index in [4.69, 9.17) is 4.74 Å². The van der Waals surface area contributed by atoms with E-state index < -0.39 is 4.92 Å². The fourth-order valence-corrected chi connectivity index (χ4v) is 2.51. The third-order valence-corrected chi connectivity index (χ3v) is 3.91. The molecule has 0 aliphatic rings. The minimum atomic E-state index is -0.493. The SMILES string of the molecule is COc1ccc(N(C)C(=O)c2ccc([N+](=O)[O-])cc2I)cn1. The summed E-state index contributed by atoms with van der Waals surface area (Å²) >= 11 is 1.91. The highest BCUT2D eigenvalue weighted by Crippen LogP contribution is 2.23. The van der Waals surface area contributed by atoms with Crippen LogP contribution in [-0.4, -0.2) is 30.0 Å². The second kappa shape index (κ2) is 6.69. The molecule has 22 heavy (non-hydrogen) atoms. The number of hydrogen-bond acceptors (Lipinski definition) is 5. The van der Waals surface area contributed by atoms with Crippen molar-refractivity contribution < 1.29 is 14.5 Å². The lowest BCUT2D eigenvalue weighted by Gasteiger charge is -2.17. The van der Waals surface area contributed by atoms with Crippen LogP contribution < -0.4 is 9.64 Å². The summed E-state index contributed by atoms with van der Waals surface area (Å²) in [6, 6.07) is 7.50. The monoisotopic (exact) mass is 413 g/mol. The van der Waals surface area contributed by atoms with Crippen LogP contribution in [0.1, 0.15) is 10.4 Å². The van der Waals surface area contributed by atoms with Gasteiger partial charge in [0.1, 0.15) is 0 Å². The number of benzene rings is 1. The highest BCUT2D eigenvalue weighted by Gasteiger charge is 2.19. The summed E-state index contributed by atoms with van der Waals surface area (Å²) < 4.78 is 5.49. The van der Waals surface area contributed by atoms with Gasteiger partial charge in [-0.1, -0.05) is 0 Å². The normalized spacial score (nSPS) is 10.1. The Labute approximate surface area is 140 Å². The van der Waals surface area contributed by atoms with Crippen molar-refractivity contribution in [2.45, 2.75) is 0 Å². The third kappa shape index (κ3) is 3.32. The number of pyridine rings is 1. The van der Waals surface area contributed by atoms with Gasteiger partial charge >= 0.3 is 0 Å². The number of non-ortho nitro benzene ring substituents is 1. The fourth-order valence-electron chi connectivity index (χ4n) is 1.78. The van der Waals surface area contributed by atoms with Gasteiger partial charge in [0.15, 0.2) is 0 Å². The van der Waals surface area contributed by atoms with Crippen LogP contribution in [0.15, 0.2) is 36.5 Å². The van der Waals surface area contributed by atoms with Crippen LogP contribution in [0.4, 0.5) is 11.4 Å². The minimum Gasteiger partial charge on any atom is -0.481 e. The third-order valence-electron chi connectivity index (χ3n) is 3.02. The lowest BCUT2D eigenvalue weighted by atomic mass is 10.2. The molecular formula is C14H12IN3O4. The zero-order valence-electron chi connectivity index (χ0n) is 11.8. The van der Waals surface area contributed by atoms with Crippen LogP contribution in [0.25, 0.3) is 0 Å². The van der Waals surface area contributed by atoms with Gasteiger partial charge < -0.3 is 9.64 Å². The fraction of sp³-hybridized carbons (Fsp3) is 0.143. The van der Waals surface area contributed by atoms with Crippen LogP contribution >= 0.6 is 22.6 Å². The molecule has 0 spiro atoms. The molecule has 0 atom stereocenters. The molecule has 1 aromatic carbocycles. The number of nitrogens with zero attached hydrogens (tertiary/aromatic N) is 3. The van der Waals surface area contributed by atoms with Crippen molar-refractivity contribution in [1.82, 2.24) is 4.98 Å². The zero-order chi connectivity index (χ0) is 16.3. The molecule has 0 unspecified atom stereocenters. The van der Waals surface area contributed by atoms with E-state index in [0.717, 1.165) is 0 Å². The number of rotatable bonds is 4. The van der Waals surface area contributed by atoms with Crippen molar-refractivity contribution >= 4 is 39.9 Å². The minimum absolute atomic E-state index is 0.0466. The van der Waals surface area contributed by atoms with E-state index in [0.29, 0.717) is 20.7 Å². The molecule has 1 amide bonds. The number of ether oxygens (including phenoxy) is 1. The molecule has 1 heterocycles. The average Bonchev–Trinajstić information content (AvgIpc) is 2.53. The molecule has 0 aliphatic heterocycles. The van der Waals surface area contributed by atoms with E-state index in [9.17, 15) is 14.9 Å². The van der Waals surface area contributed by atoms with Gasteiger partial charge in [-0.25, -0.2) is 4.98 Å². The lowest BCUT2D eigenvalue weighted by Crippen LogP contribution is -2.27. The first kappa shape index (κ1) is 16.1. The molecule has 0 saturated carbocycles. The number of carbonyl (C=O) groups excluding carboxylic acids is 1. The number of anilines is 1. The summed E-state index contributed by atoms with van der Waals surface area (Å²) in [5.74, 6) is 0.181. The Morgan fingerprint density at radius 1 is 1.36 bits per heavy atom. The van der Waals surface area contributed by atoms with Gasteiger partial charge in [-0.2, -0.15) is 0 Å². The molecule has 0 aliphatic carbocycles. The molecule has 0 fully saturated rings. The maximum Gasteiger partial charge on any atom is 0.270 e. The smallest absolute Gasteiger partial charge is 0.270 e. The average molecular weight is 413 g/mol. The zero-order valence-corrected chi connectivity index (χ0v) is 14.0. The lowest BCUT2D eigenvalue weighted by molar-refractivity contribution is -0.384. The number of nitro groups is 1. The second-order valence-electron chi connectivity index (χ2n) is 4.34. The van der Waals surface area contributed by atoms with Crippen LogP contribution in [0.5, 0.6) is 5.88 Å². The topological polar surface area (TPSA) is 85.6 Å². The van der Waals surface area contributed by atoms with Crippen LogP contribution in [-0.2, 0) is 0 Å². The van der Waals surface area contributed by atoms with Gasteiger partial charge in [-0.3, -0.25) is 14.9 Å². The predicted octanol–water partition coefficient (Wildman–Crippen LogP) is 2.88. The molecule has 7 nitrogen and oxygen atoms in total. The number of aromatic nitrogens is 1. The molecule has 0 radical (unpaired) electrons. The number of amides is 1. The number of halogens is 1. The maximum atomic E-state index is 12.5. The van der Waals surface area contributed by atoms with Gasteiger partial charge in [0, 0.05) is 28.8 Å². The Morgan fingerprint density at radius 2 is 2.09 bits per heavy atom. The predicted molar refractivity (Wildman–Crippen MR) is 89.3 cm³/mol. The van der Waals surface area contributed by atoms with Crippen LogP contribution in [0.3, 0.4) is 0 Å². The van der Waals surface area contributed by atoms with E-state index >= 15 is 0 Å². The Morgan fingerprint density at radius 3 is 2.59 bits per heavy atom. The summed E-state index contributed by atoms with van der Waals surface area (Å²) in [6.45, 7) is 0. The molecule has 0 bridgehead atoms. The highest BCUT2D eigenvalue weighted by atomic mass is 127. The van der Waals surface area contributed by atoms with Gasteiger partial charge in [0.05, 0.1) is 29.5 Å². The largest absolute Gasteiger partial charge is 0.481 e. The van der Waals surface area contributed by atoms with Crippen molar-refractivity contribution in [1.29, 1.82) is 0 Å². The van der Waals surface area contributed by atoms with E-state index in [1.807, 2.05) is 22.6 Å². The van der Waals surface area contributed by atoms with Crippen LogP contribution in [0.2, 0.25) is 0 Å². The van der Waals surface area contributed by atoms with Gasteiger partial charge in [0.2, 0.25) is 5.88 Å². The number of methoxy groups -OCH3 is 1. The standard InChI is InChI=1S/C14H12IN3O4/c1-17(10-4-6-13(22-2)16-8-10)14(19)11-5-3-9(18(20)21)7-12(11)15/h3-8H,1-2H3. The Kier molecular flexibility index (Phi) is 4.91. The summed E-state index contributed by atoms with van der Waals surface area (Å²) in [6.07, 6.45) is 1.52. The first-order valence-corrected chi connectivity index (χ1v) is 7.24. The van der Waals surface area contributed by atoms with Gasteiger partial charge in [-0.05, 0) is 34.7 Å². The van der Waals surface area contributed by atoms with Crippen molar-refractivity contribution in [2.24, 2.45) is 0 Å². The van der Waals surface area contributed by atoms with Crippen LogP contribution in [0, 0.1) is 13.7 Å². The number of hydrogen-bond donors (Lipinski definition) is 0. The van der Waals surface area contributed by atoms with Gasteiger partial charge in [0.25, 0.3) is 11.6 Å². The molecule has 2 aromatic rings. The maximum absolute atomic E-state index is 12.5. The Bertz CT molecular complexity index is 719. The number of nitro benzene ring substituents is 1.